The van der Waals surface area contributed by atoms with Gasteiger partial charge < -0.3 is 14.8 Å². The van der Waals surface area contributed by atoms with Crippen molar-refractivity contribution in [1.82, 2.24) is 5.32 Å². The Bertz CT molecular complexity index is 646. The van der Waals surface area contributed by atoms with Crippen molar-refractivity contribution in [2.75, 3.05) is 19.1 Å². The van der Waals surface area contributed by atoms with Crippen LogP contribution in [0, 0.1) is 0 Å². The lowest BCUT2D eigenvalue weighted by atomic mass is 10.2. The number of hydrogen-bond acceptors (Lipinski definition) is 4. The van der Waals surface area contributed by atoms with Gasteiger partial charge in [0.15, 0.2) is 11.5 Å². The summed E-state index contributed by atoms with van der Waals surface area (Å²) >= 11 is 1.80. The number of ether oxygens (including phenoxy) is 2. The number of carbonyl (C=O) groups excluding carboxylic acids is 1. The number of benzene rings is 2. The normalized spacial score (nSPS) is 12.2. The summed E-state index contributed by atoms with van der Waals surface area (Å²) in [5.41, 5.74) is 0.597. The largest absolute Gasteiger partial charge is 0.454 e. The van der Waals surface area contributed by atoms with Crippen LogP contribution in [0.3, 0.4) is 0 Å². The highest BCUT2D eigenvalue weighted by Crippen LogP contribution is 2.32. The van der Waals surface area contributed by atoms with E-state index in [0.29, 0.717) is 23.6 Å². The van der Waals surface area contributed by atoms with E-state index in [0.717, 1.165) is 12.2 Å². The average Bonchev–Trinajstić information content (AvgIpc) is 3.03. The molecule has 1 amide bonds. The molecule has 0 radical (unpaired) electrons. The van der Waals surface area contributed by atoms with Crippen LogP contribution in [0.5, 0.6) is 11.5 Å². The summed E-state index contributed by atoms with van der Waals surface area (Å²) < 4.78 is 10.5. The molecule has 5 heteroatoms. The monoisotopic (exact) mass is 315 g/mol. The standard InChI is InChI=1S/C17H17NO3S/c19-17(13-7-8-15-16(11-13)21-12-20-15)18-9-4-10-22-14-5-2-1-3-6-14/h1-3,5-8,11H,4,9-10,12H2,(H,18,19). The molecule has 1 N–H and O–H groups in total. The first-order valence-corrected chi connectivity index (χ1v) is 8.17. The summed E-state index contributed by atoms with van der Waals surface area (Å²) in [6.07, 6.45) is 0.926. The van der Waals surface area contributed by atoms with Crippen molar-refractivity contribution in [1.29, 1.82) is 0 Å². The van der Waals surface area contributed by atoms with E-state index in [1.165, 1.54) is 4.90 Å². The van der Waals surface area contributed by atoms with Gasteiger partial charge in [-0.2, -0.15) is 0 Å². The first kappa shape index (κ1) is 14.8. The fourth-order valence-electron chi connectivity index (χ4n) is 2.12. The zero-order valence-electron chi connectivity index (χ0n) is 12.1. The van der Waals surface area contributed by atoms with E-state index >= 15 is 0 Å². The van der Waals surface area contributed by atoms with E-state index < -0.39 is 0 Å². The van der Waals surface area contributed by atoms with Crippen LogP contribution in [-0.4, -0.2) is 25.0 Å². The van der Waals surface area contributed by atoms with E-state index in [1.54, 1.807) is 30.0 Å². The summed E-state index contributed by atoms with van der Waals surface area (Å²) in [6, 6.07) is 15.5. The maximum Gasteiger partial charge on any atom is 0.251 e. The molecule has 0 saturated heterocycles. The van der Waals surface area contributed by atoms with E-state index in [-0.39, 0.29) is 12.7 Å². The Balaban J connectivity index is 1.41. The highest BCUT2D eigenvalue weighted by molar-refractivity contribution is 7.99. The predicted octanol–water partition coefficient (Wildman–Crippen LogP) is 3.33. The number of carbonyl (C=O) groups is 1. The van der Waals surface area contributed by atoms with Crippen LogP contribution in [0.25, 0.3) is 0 Å². The Morgan fingerprint density at radius 1 is 1.09 bits per heavy atom. The third kappa shape index (κ3) is 3.74. The molecule has 22 heavy (non-hydrogen) atoms. The van der Waals surface area contributed by atoms with Crippen LogP contribution in [0.2, 0.25) is 0 Å². The third-order valence-corrected chi connectivity index (χ3v) is 4.35. The highest BCUT2D eigenvalue weighted by atomic mass is 32.2. The molecule has 1 aliphatic rings. The summed E-state index contributed by atoms with van der Waals surface area (Å²) in [5, 5.41) is 2.93. The van der Waals surface area contributed by atoms with E-state index in [2.05, 4.69) is 17.4 Å². The zero-order chi connectivity index (χ0) is 15.2. The molecule has 0 aromatic heterocycles. The number of amides is 1. The molecule has 2 aromatic carbocycles. The minimum atomic E-state index is -0.0805. The molecule has 114 valence electrons. The van der Waals surface area contributed by atoms with Crippen LogP contribution in [-0.2, 0) is 0 Å². The van der Waals surface area contributed by atoms with Crippen molar-refractivity contribution in [3.63, 3.8) is 0 Å². The van der Waals surface area contributed by atoms with Crippen LogP contribution < -0.4 is 14.8 Å². The van der Waals surface area contributed by atoms with Crippen LogP contribution in [0.1, 0.15) is 16.8 Å². The fourth-order valence-corrected chi connectivity index (χ4v) is 2.99. The van der Waals surface area contributed by atoms with Crippen LogP contribution in [0.4, 0.5) is 0 Å². The van der Waals surface area contributed by atoms with E-state index in [4.69, 9.17) is 9.47 Å². The Kier molecular flexibility index (Phi) is 4.85. The van der Waals surface area contributed by atoms with Gasteiger partial charge in [0, 0.05) is 17.0 Å². The van der Waals surface area contributed by atoms with E-state index in [1.807, 2.05) is 18.2 Å². The molecule has 2 aromatic rings. The maximum atomic E-state index is 12.1. The first-order chi connectivity index (χ1) is 10.8. The minimum absolute atomic E-state index is 0.0805. The van der Waals surface area contributed by atoms with Crippen LogP contribution >= 0.6 is 11.8 Å². The summed E-state index contributed by atoms with van der Waals surface area (Å²) in [6.45, 7) is 0.879. The molecule has 0 aliphatic carbocycles. The maximum absolute atomic E-state index is 12.1. The second-order valence-corrected chi connectivity index (χ2v) is 6.01. The molecular weight excluding hydrogens is 298 g/mol. The van der Waals surface area contributed by atoms with Crippen molar-refractivity contribution in [2.45, 2.75) is 11.3 Å². The Hall–Kier alpha value is -2.14. The predicted molar refractivity (Wildman–Crippen MR) is 86.7 cm³/mol. The van der Waals surface area contributed by atoms with Gasteiger partial charge in [-0.1, -0.05) is 18.2 Å². The molecule has 1 aliphatic heterocycles. The van der Waals surface area contributed by atoms with Gasteiger partial charge >= 0.3 is 0 Å². The number of rotatable bonds is 6. The lowest BCUT2D eigenvalue weighted by molar-refractivity contribution is 0.0953. The summed E-state index contributed by atoms with van der Waals surface area (Å²) in [5.74, 6) is 2.22. The number of fused-ring (bicyclic) bond motifs is 1. The van der Waals surface area contributed by atoms with Crippen molar-refractivity contribution < 1.29 is 14.3 Å². The smallest absolute Gasteiger partial charge is 0.251 e. The molecule has 0 saturated carbocycles. The highest BCUT2D eigenvalue weighted by Gasteiger charge is 2.15. The van der Waals surface area contributed by atoms with E-state index in [9.17, 15) is 4.79 Å². The molecule has 0 bridgehead atoms. The molecule has 4 nitrogen and oxygen atoms in total. The van der Waals surface area contributed by atoms with Gasteiger partial charge in [-0.25, -0.2) is 0 Å². The second kappa shape index (κ2) is 7.22. The first-order valence-electron chi connectivity index (χ1n) is 7.18. The third-order valence-electron chi connectivity index (χ3n) is 3.25. The minimum Gasteiger partial charge on any atom is -0.454 e. The lowest BCUT2D eigenvalue weighted by Crippen LogP contribution is -2.24. The number of nitrogens with one attached hydrogen (secondary N) is 1. The zero-order valence-corrected chi connectivity index (χ0v) is 12.9. The Labute approximate surface area is 133 Å². The van der Waals surface area contributed by atoms with Gasteiger partial charge in [0.2, 0.25) is 6.79 Å². The topological polar surface area (TPSA) is 47.6 Å². The Morgan fingerprint density at radius 3 is 2.77 bits per heavy atom. The molecule has 0 atom stereocenters. The average molecular weight is 315 g/mol. The fraction of sp³-hybridized carbons (Fsp3) is 0.235. The van der Waals surface area contributed by atoms with Gasteiger partial charge in [-0.3, -0.25) is 4.79 Å². The van der Waals surface area contributed by atoms with Crippen LogP contribution in [0.15, 0.2) is 53.4 Å². The number of hydrogen-bond donors (Lipinski definition) is 1. The molecule has 0 spiro atoms. The summed E-state index contributed by atoms with van der Waals surface area (Å²) in [4.78, 5) is 13.3. The van der Waals surface area contributed by atoms with Crippen molar-refractivity contribution in [3.05, 3.63) is 54.1 Å². The van der Waals surface area contributed by atoms with Gasteiger partial charge in [0.05, 0.1) is 0 Å². The molecule has 0 fully saturated rings. The quantitative estimate of drug-likeness (QED) is 0.656. The number of thioether (sulfide) groups is 1. The lowest BCUT2D eigenvalue weighted by Gasteiger charge is -2.06. The van der Waals surface area contributed by atoms with Crippen molar-refractivity contribution >= 4 is 17.7 Å². The molecule has 3 rings (SSSR count). The van der Waals surface area contributed by atoms with Gasteiger partial charge in [0.1, 0.15) is 0 Å². The molecule has 0 unspecified atom stereocenters. The van der Waals surface area contributed by atoms with Gasteiger partial charge in [-0.05, 0) is 42.5 Å². The van der Waals surface area contributed by atoms with Crippen molar-refractivity contribution in [2.24, 2.45) is 0 Å². The second-order valence-electron chi connectivity index (χ2n) is 4.84. The Morgan fingerprint density at radius 2 is 1.91 bits per heavy atom. The molecular formula is C17H17NO3S. The SMILES string of the molecule is O=C(NCCCSc1ccccc1)c1ccc2c(c1)OCO2. The van der Waals surface area contributed by atoms with Crippen molar-refractivity contribution in [3.8, 4) is 11.5 Å². The van der Waals surface area contributed by atoms with Gasteiger partial charge in [0.25, 0.3) is 5.91 Å². The summed E-state index contributed by atoms with van der Waals surface area (Å²) in [7, 11) is 0. The molecule has 1 heterocycles. The van der Waals surface area contributed by atoms with Gasteiger partial charge in [-0.15, -0.1) is 11.8 Å².